The quantitative estimate of drug-likeness (QED) is 0.00670. The lowest BCUT2D eigenvalue weighted by Gasteiger charge is -2.29. The highest BCUT2D eigenvalue weighted by Crippen LogP contribution is 2.38. The van der Waals surface area contributed by atoms with Crippen molar-refractivity contribution in [1.29, 1.82) is 5.26 Å². The molecule has 3 rings (SSSR count). The Balaban J connectivity index is -0.000000457. The Bertz CT molecular complexity index is 3670. The standard InChI is InChI=1S/2C15H19F2NO4.C14H18F2N2.C11H18F2O4.C10H14F2O4.C8H15F2NO2.2C7H12F2O/c2*1-15(2,13(16)17)8-11(12(19)20)18-14(21)22-9-10-6-4-3-5-7-10;1-14(2,13(15)16)8-12(9-17)18-10-11-6-4-3-5-7-11;1-5-16-8(14)7(9(15)17-6-2)11(3,4)10(12)13;1-4-15-9(13)7(6(3)8(11)12)10(14)16-5-2;1-8(2,7(9)10)5-6(12)11(3)13-4;2*1-5(10)4-7(2,3)6(8)9/h2*3-7,11,13H,8-9H2,1-2H3,(H,18,21)(H,19,20);3-7,12-13,18H,8,10H2,1-2H3;7,10H,5-6H2,1-4H3;8H,4-5H2,1-3H3;7H,5H2,1-4H3;2*6H,4H2,1-3H3/t2*11-;;;;;;/m10....../s1. The SMILES string of the molecule is CC(=O)CC(C)(C)C(F)F.CC(=O)CC(C)(C)C(F)F.CC(C)(CC(C#N)NCc1ccccc1)C(F)F.CC(C)(C[C@@H](NC(=O)OCc1ccccc1)C(=O)O)C(F)F.CC(C)(C[C@H](NC(=O)OCc1ccccc1)C(=O)O)C(F)F.CCOC(=O)C(C(=O)OCC)=C(C)C(F)F.CCOC(=O)C(C(=O)OCC)C(C)(C)C(F)F.CON(C)C(=O)CC(C)(C)C(F)F. The second kappa shape index (κ2) is 62.9. The first-order valence-corrected chi connectivity index (χ1v) is 39.7. The maximum atomic E-state index is 12.8. The summed E-state index contributed by atoms with van der Waals surface area (Å²) in [6.45, 7) is 28.7. The van der Waals surface area contributed by atoms with E-state index in [1.807, 2.05) is 36.4 Å². The number of carboxylic acids is 2. The third-order valence-electron chi connectivity index (χ3n) is 17.6. The van der Waals surface area contributed by atoms with Crippen LogP contribution in [0, 0.1) is 55.2 Å². The number of ketones is 2. The summed E-state index contributed by atoms with van der Waals surface area (Å²) < 4.78 is 228. The van der Waals surface area contributed by atoms with Crippen LogP contribution >= 0.6 is 0 Å². The van der Waals surface area contributed by atoms with Gasteiger partial charge in [0.2, 0.25) is 50.9 Å². The molecule has 732 valence electrons. The van der Waals surface area contributed by atoms with Gasteiger partial charge in [-0.3, -0.25) is 24.5 Å². The molecule has 0 aliphatic heterocycles. The number of alkyl halides is 16. The van der Waals surface area contributed by atoms with Crippen molar-refractivity contribution in [2.24, 2.45) is 43.8 Å². The lowest BCUT2D eigenvalue weighted by Crippen LogP contribution is -2.45. The third kappa shape index (κ3) is 54.9. The number of Topliss-reactive ketones (excluding diaryl/α,β-unsaturated/α-hetero) is 2. The average molecular weight is 1870 g/mol. The number of nitriles is 1. The zero-order valence-corrected chi connectivity index (χ0v) is 76.5. The van der Waals surface area contributed by atoms with Crippen molar-refractivity contribution in [2.45, 2.75) is 273 Å². The highest BCUT2D eigenvalue weighted by molar-refractivity contribution is 6.14. The van der Waals surface area contributed by atoms with E-state index in [-0.39, 0.29) is 76.9 Å². The number of ether oxygens (including phenoxy) is 6. The summed E-state index contributed by atoms with van der Waals surface area (Å²) in [7, 11) is 2.71. The largest absolute Gasteiger partial charge is 0.480 e. The molecule has 0 bridgehead atoms. The predicted molar refractivity (Wildman–Crippen MR) is 441 cm³/mol. The van der Waals surface area contributed by atoms with Gasteiger partial charge in [-0.25, -0.2) is 104 Å². The number of carbonyl (C=O) groups excluding carboxylic acids is 9. The molecule has 0 heterocycles. The smallest absolute Gasteiger partial charge is 0.408 e. The van der Waals surface area contributed by atoms with Crippen LogP contribution in [0.4, 0.5) is 79.8 Å². The second-order valence-corrected chi connectivity index (χ2v) is 33.0. The van der Waals surface area contributed by atoms with E-state index in [4.69, 9.17) is 24.9 Å². The number of hydrogen-bond donors (Lipinski definition) is 5. The molecule has 128 heavy (non-hydrogen) atoms. The number of hydrogen-bond acceptors (Lipinski definition) is 20. The normalized spacial score (nSPS) is 12.2. The summed E-state index contributed by atoms with van der Waals surface area (Å²) >= 11 is 0. The van der Waals surface area contributed by atoms with E-state index in [1.165, 1.54) is 139 Å². The van der Waals surface area contributed by atoms with E-state index in [0.29, 0.717) is 6.54 Å². The number of halogens is 16. The number of carbonyl (C=O) groups is 11. The van der Waals surface area contributed by atoms with Crippen molar-refractivity contribution in [3.8, 4) is 6.07 Å². The Morgan fingerprint density at radius 3 is 0.945 bits per heavy atom. The molecule has 1 unspecified atom stereocenters. The number of esters is 4. The zero-order chi connectivity index (χ0) is 101. The Hall–Kier alpha value is -10.1. The summed E-state index contributed by atoms with van der Waals surface area (Å²) in [5, 5.41) is 35.2. The topological polar surface area (TPSA) is 356 Å². The van der Waals surface area contributed by atoms with Crippen molar-refractivity contribution in [3.63, 3.8) is 0 Å². The van der Waals surface area contributed by atoms with Crippen LogP contribution < -0.4 is 16.0 Å². The number of aliphatic carboxylic acids is 2. The highest BCUT2D eigenvalue weighted by atomic mass is 19.3. The number of nitrogens with zero attached hydrogens (tertiary/aromatic N) is 2. The van der Waals surface area contributed by atoms with Crippen molar-refractivity contribution < 1.29 is 166 Å². The number of benzene rings is 3. The molecule has 0 radical (unpaired) electrons. The van der Waals surface area contributed by atoms with Gasteiger partial charge >= 0.3 is 48.0 Å². The maximum absolute atomic E-state index is 12.8. The third-order valence-corrected chi connectivity index (χ3v) is 17.6. The van der Waals surface area contributed by atoms with Crippen molar-refractivity contribution >= 4 is 65.5 Å². The van der Waals surface area contributed by atoms with Gasteiger partial charge in [-0.05, 0) is 84.4 Å². The molecule has 0 aliphatic carbocycles. The molecule has 0 spiro atoms. The number of nitrogens with one attached hydrogen (secondary N) is 3. The number of allylic oxidation sites excluding steroid dienone is 1. The van der Waals surface area contributed by atoms with Crippen LogP contribution in [0.1, 0.15) is 201 Å². The molecule has 0 fully saturated rings. The van der Waals surface area contributed by atoms with Crippen molar-refractivity contribution in [1.82, 2.24) is 21.0 Å². The summed E-state index contributed by atoms with van der Waals surface area (Å²) in [6.07, 6.45) is -23.8. The lowest BCUT2D eigenvalue weighted by molar-refractivity contribution is -0.174. The van der Waals surface area contributed by atoms with Gasteiger partial charge in [-0.1, -0.05) is 188 Å². The molecule has 25 nitrogen and oxygen atoms in total. The van der Waals surface area contributed by atoms with Gasteiger partial charge in [0, 0.05) is 76.3 Å². The highest BCUT2D eigenvalue weighted by Gasteiger charge is 2.49. The van der Waals surface area contributed by atoms with Gasteiger partial charge < -0.3 is 58.9 Å². The maximum Gasteiger partial charge on any atom is 0.408 e. The van der Waals surface area contributed by atoms with Gasteiger partial charge in [0.15, 0.2) is 5.92 Å². The van der Waals surface area contributed by atoms with Crippen molar-refractivity contribution in [2.75, 3.05) is 40.6 Å². The summed E-state index contributed by atoms with van der Waals surface area (Å²) in [4.78, 5) is 128. The molecular weight excluding hydrogens is 1740 g/mol. The number of amides is 3. The van der Waals surface area contributed by atoms with Crippen LogP contribution in [0.5, 0.6) is 0 Å². The first-order chi connectivity index (χ1) is 58.7. The number of hydroxylamine groups is 2. The molecule has 41 heteroatoms. The van der Waals surface area contributed by atoms with Gasteiger partial charge in [-0.2, -0.15) is 5.26 Å². The Morgan fingerprint density at radius 2 is 0.703 bits per heavy atom. The Labute approximate surface area is 738 Å². The number of alkyl carbamates (subject to hydrolysis) is 2. The lowest BCUT2D eigenvalue weighted by atomic mass is 9.79. The molecule has 0 aliphatic rings. The van der Waals surface area contributed by atoms with Gasteiger partial charge in [0.05, 0.1) is 45.6 Å². The summed E-state index contributed by atoms with van der Waals surface area (Å²) in [5.41, 5.74) is -8.52. The molecule has 3 atom stereocenters. The Morgan fingerprint density at radius 1 is 0.414 bits per heavy atom. The van der Waals surface area contributed by atoms with Gasteiger partial charge in [-0.15, -0.1) is 0 Å². The first-order valence-electron chi connectivity index (χ1n) is 39.7. The fourth-order valence-corrected chi connectivity index (χ4v) is 9.38. The minimum Gasteiger partial charge on any atom is -0.480 e. The minimum absolute atomic E-state index is 0.00173. The van der Waals surface area contributed by atoms with E-state index in [9.17, 15) is 123 Å². The fraction of sp³-hybridized carbons (Fsp3) is 0.632. The molecule has 3 aromatic carbocycles. The van der Waals surface area contributed by atoms with E-state index in [0.717, 1.165) is 42.5 Å². The summed E-state index contributed by atoms with van der Waals surface area (Å²) in [6, 6.07) is 25.8. The molecule has 3 amide bonds. The van der Waals surface area contributed by atoms with Crippen LogP contribution in [-0.4, -0.2) is 191 Å². The minimum atomic E-state index is -2.90. The number of rotatable bonds is 41. The van der Waals surface area contributed by atoms with E-state index in [1.54, 1.807) is 60.7 Å². The Kier molecular flexibility index (Phi) is 62.1. The predicted octanol–water partition coefficient (Wildman–Crippen LogP) is 19.4. The monoisotopic (exact) mass is 1870 g/mol. The van der Waals surface area contributed by atoms with Gasteiger partial charge in [0.1, 0.15) is 42.4 Å². The second-order valence-electron chi connectivity index (χ2n) is 33.0. The van der Waals surface area contributed by atoms with Gasteiger partial charge in [0.25, 0.3) is 6.43 Å². The van der Waals surface area contributed by atoms with E-state index in [2.05, 4.69) is 39.7 Å². The molecule has 3 aromatic rings. The van der Waals surface area contributed by atoms with Crippen LogP contribution in [0.3, 0.4) is 0 Å². The average Bonchev–Trinajstić information content (AvgIpc) is 0.807. The first kappa shape index (κ1) is 126. The molecule has 0 saturated carbocycles. The molecular formula is C87H127F16N5O20. The van der Waals surface area contributed by atoms with Crippen molar-refractivity contribution in [3.05, 3.63) is 119 Å². The van der Waals surface area contributed by atoms with Crippen LogP contribution in [0.15, 0.2) is 102 Å². The molecule has 0 saturated heterocycles. The molecule has 5 N–H and O–H groups in total. The van der Waals surface area contributed by atoms with E-state index < -0.39 is 191 Å². The molecule has 0 aromatic heterocycles. The number of carboxylic acid groups (broad SMARTS) is 2. The van der Waals surface area contributed by atoms with Crippen LogP contribution in [-0.2, 0) is 96.2 Å². The summed E-state index contributed by atoms with van der Waals surface area (Å²) in [5.74, 6) is -9.33. The fourth-order valence-electron chi connectivity index (χ4n) is 9.38. The zero-order valence-electron chi connectivity index (χ0n) is 76.5. The van der Waals surface area contributed by atoms with E-state index >= 15 is 0 Å². The van der Waals surface area contributed by atoms with Crippen LogP contribution in [0.25, 0.3) is 0 Å². The van der Waals surface area contributed by atoms with Crippen LogP contribution in [0.2, 0.25) is 0 Å².